The molecular weight excluding hydrogens is 402 g/mol. The fourth-order valence-corrected chi connectivity index (χ4v) is 4.26. The molecule has 0 amide bonds. The maximum Gasteiger partial charge on any atom is 0.181 e. The molecule has 0 aliphatic carbocycles. The van der Waals surface area contributed by atoms with Crippen molar-refractivity contribution in [3.05, 3.63) is 71.9 Å². The molecule has 0 N–H and O–H groups in total. The second kappa shape index (κ2) is 8.19. The van der Waals surface area contributed by atoms with Crippen LogP contribution in [0.15, 0.2) is 54.9 Å². The minimum absolute atomic E-state index is 0.00390. The van der Waals surface area contributed by atoms with Gasteiger partial charge in [0.05, 0.1) is 23.0 Å². The molecule has 8 nitrogen and oxygen atoms in total. The van der Waals surface area contributed by atoms with Gasteiger partial charge in [-0.1, -0.05) is 30.3 Å². The van der Waals surface area contributed by atoms with E-state index in [0.29, 0.717) is 35.4 Å². The Balaban J connectivity index is 1.37. The van der Waals surface area contributed by atoms with Crippen molar-refractivity contribution in [1.29, 1.82) is 5.26 Å². The summed E-state index contributed by atoms with van der Waals surface area (Å²) in [5, 5.41) is 18.4. The maximum atomic E-state index is 13.3. The second-order valence-corrected chi connectivity index (χ2v) is 7.97. The maximum absolute atomic E-state index is 13.3. The Morgan fingerprint density at radius 1 is 1.22 bits per heavy atom. The molecule has 0 fully saturated rings. The molecule has 1 aliphatic heterocycles. The summed E-state index contributed by atoms with van der Waals surface area (Å²) in [5.74, 6) is 1.80. The van der Waals surface area contributed by atoms with Gasteiger partial charge in [-0.25, -0.2) is 9.67 Å². The standard InChI is InChI=1S/C24H21N7O/c1-30-23(19(15-27-30)22-18(14-25)8-5-10-26-22)20(32)12-16-9-11-31-21(13-16)28-24(29-31)17-6-3-2-4-7-17/h2-8,10,15-16H,9,11-13H2,1H3. The van der Waals surface area contributed by atoms with Crippen molar-refractivity contribution in [2.45, 2.75) is 25.8 Å². The van der Waals surface area contributed by atoms with Crippen molar-refractivity contribution in [2.24, 2.45) is 13.0 Å². The number of aromatic nitrogens is 6. The number of carbonyl (C=O) groups excluding carboxylic acids is 1. The zero-order valence-corrected chi connectivity index (χ0v) is 17.6. The summed E-state index contributed by atoms with van der Waals surface area (Å²) < 4.78 is 3.53. The molecule has 0 saturated heterocycles. The van der Waals surface area contributed by atoms with Gasteiger partial charge in [-0.3, -0.25) is 14.5 Å². The number of pyridine rings is 1. The number of ketones is 1. The Hall–Kier alpha value is -4.12. The van der Waals surface area contributed by atoms with Crippen LogP contribution in [0, 0.1) is 17.2 Å². The first-order valence-corrected chi connectivity index (χ1v) is 10.5. The Morgan fingerprint density at radius 2 is 2.06 bits per heavy atom. The molecule has 1 aromatic carbocycles. The van der Waals surface area contributed by atoms with E-state index in [9.17, 15) is 10.1 Å². The average molecular weight is 423 g/mol. The Morgan fingerprint density at radius 3 is 2.88 bits per heavy atom. The number of nitrogens with zero attached hydrogens (tertiary/aromatic N) is 7. The molecule has 8 heteroatoms. The Bertz CT molecular complexity index is 1330. The van der Waals surface area contributed by atoms with Gasteiger partial charge in [-0.05, 0) is 24.5 Å². The highest BCUT2D eigenvalue weighted by molar-refractivity contribution is 6.00. The third kappa shape index (κ3) is 3.58. The summed E-state index contributed by atoms with van der Waals surface area (Å²) in [5.41, 5.74) is 2.98. The molecule has 1 unspecified atom stereocenters. The molecule has 0 spiro atoms. The highest BCUT2D eigenvalue weighted by Crippen LogP contribution is 2.29. The summed E-state index contributed by atoms with van der Waals surface area (Å²) >= 11 is 0. The predicted molar refractivity (Wildman–Crippen MR) is 117 cm³/mol. The fraction of sp³-hybridized carbons (Fsp3) is 0.250. The average Bonchev–Trinajstić information content (AvgIpc) is 3.42. The SMILES string of the molecule is Cn1ncc(-c2ncccc2C#N)c1C(=O)CC1CCn2nc(-c3ccccc3)nc2C1. The van der Waals surface area contributed by atoms with Crippen LogP contribution in [0.3, 0.4) is 0 Å². The predicted octanol–water partition coefficient (Wildman–Crippen LogP) is 3.45. The lowest BCUT2D eigenvalue weighted by Crippen LogP contribution is -2.23. The molecular formula is C24H21N7O. The van der Waals surface area contributed by atoms with Crippen LogP contribution in [0.5, 0.6) is 0 Å². The number of fused-ring (bicyclic) bond motifs is 1. The molecule has 32 heavy (non-hydrogen) atoms. The van der Waals surface area contributed by atoms with E-state index in [-0.39, 0.29) is 11.7 Å². The molecule has 0 bridgehead atoms. The van der Waals surface area contributed by atoms with E-state index in [1.165, 1.54) is 0 Å². The normalized spacial score (nSPS) is 15.2. The number of rotatable bonds is 5. The lowest BCUT2D eigenvalue weighted by molar-refractivity contribution is 0.0944. The van der Waals surface area contributed by atoms with Gasteiger partial charge in [0.2, 0.25) is 0 Å². The zero-order chi connectivity index (χ0) is 22.1. The van der Waals surface area contributed by atoms with E-state index < -0.39 is 0 Å². The molecule has 0 radical (unpaired) electrons. The number of Topliss-reactive ketones (excluding diaryl/α,β-unsaturated/α-hetero) is 1. The lowest BCUT2D eigenvalue weighted by atomic mass is 9.90. The summed E-state index contributed by atoms with van der Waals surface area (Å²) in [6.07, 6.45) is 5.17. The first-order chi connectivity index (χ1) is 15.6. The number of nitriles is 1. The van der Waals surface area contributed by atoms with Crippen LogP contribution < -0.4 is 0 Å². The van der Waals surface area contributed by atoms with E-state index in [0.717, 1.165) is 30.2 Å². The first-order valence-electron chi connectivity index (χ1n) is 10.5. The summed E-state index contributed by atoms with van der Waals surface area (Å²) in [4.78, 5) is 22.4. The molecule has 4 heterocycles. The minimum Gasteiger partial charge on any atom is -0.292 e. The van der Waals surface area contributed by atoms with Crippen LogP contribution in [0.4, 0.5) is 0 Å². The van der Waals surface area contributed by atoms with Gasteiger partial charge in [-0.15, -0.1) is 0 Å². The number of benzene rings is 1. The molecule has 5 rings (SSSR count). The van der Waals surface area contributed by atoms with Gasteiger partial charge in [0, 0.05) is 38.2 Å². The van der Waals surface area contributed by atoms with Crippen LogP contribution in [-0.2, 0) is 20.0 Å². The topological polar surface area (TPSA) is 102 Å². The molecule has 0 saturated carbocycles. The third-order valence-electron chi connectivity index (χ3n) is 5.86. The third-order valence-corrected chi connectivity index (χ3v) is 5.86. The molecule has 3 aromatic heterocycles. The van der Waals surface area contributed by atoms with Crippen molar-refractivity contribution >= 4 is 5.78 Å². The van der Waals surface area contributed by atoms with Crippen LogP contribution in [0.25, 0.3) is 22.6 Å². The fourth-order valence-electron chi connectivity index (χ4n) is 4.26. The van der Waals surface area contributed by atoms with E-state index in [1.54, 1.807) is 36.3 Å². The second-order valence-electron chi connectivity index (χ2n) is 7.97. The summed E-state index contributed by atoms with van der Waals surface area (Å²) in [6, 6.07) is 15.5. The zero-order valence-electron chi connectivity index (χ0n) is 17.6. The molecule has 1 aliphatic rings. The monoisotopic (exact) mass is 423 g/mol. The van der Waals surface area contributed by atoms with Gasteiger partial charge in [0.25, 0.3) is 0 Å². The molecule has 158 valence electrons. The quantitative estimate of drug-likeness (QED) is 0.456. The van der Waals surface area contributed by atoms with Crippen molar-refractivity contribution in [3.63, 3.8) is 0 Å². The van der Waals surface area contributed by atoms with Gasteiger partial charge < -0.3 is 0 Å². The first kappa shape index (κ1) is 19.8. The van der Waals surface area contributed by atoms with Crippen molar-refractivity contribution in [3.8, 4) is 28.7 Å². The summed E-state index contributed by atoms with van der Waals surface area (Å²) in [7, 11) is 1.75. The molecule has 4 aromatic rings. The number of aryl methyl sites for hydroxylation is 2. The highest BCUT2D eigenvalue weighted by atomic mass is 16.1. The van der Waals surface area contributed by atoms with E-state index in [4.69, 9.17) is 4.98 Å². The number of hydrogen-bond acceptors (Lipinski definition) is 6. The smallest absolute Gasteiger partial charge is 0.181 e. The Labute approximate surface area is 185 Å². The van der Waals surface area contributed by atoms with Gasteiger partial charge >= 0.3 is 0 Å². The van der Waals surface area contributed by atoms with Crippen molar-refractivity contribution < 1.29 is 4.79 Å². The van der Waals surface area contributed by atoms with Gasteiger partial charge in [0.15, 0.2) is 11.6 Å². The van der Waals surface area contributed by atoms with Crippen molar-refractivity contribution in [1.82, 2.24) is 29.5 Å². The number of hydrogen-bond donors (Lipinski definition) is 0. The van der Waals surface area contributed by atoms with E-state index in [1.807, 2.05) is 35.0 Å². The van der Waals surface area contributed by atoms with Gasteiger partial charge in [-0.2, -0.15) is 15.5 Å². The summed E-state index contributed by atoms with van der Waals surface area (Å²) in [6.45, 7) is 0.740. The van der Waals surface area contributed by atoms with E-state index >= 15 is 0 Å². The lowest BCUT2D eigenvalue weighted by Gasteiger charge is -2.21. The van der Waals surface area contributed by atoms with Crippen LogP contribution in [0.2, 0.25) is 0 Å². The van der Waals surface area contributed by atoms with E-state index in [2.05, 4.69) is 21.3 Å². The van der Waals surface area contributed by atoms with Crippen molar-refractivity contribution in [2.75, 3.05) is 0 Å². The number of carbonyl (C=O) groups is 1. The van der Waals surface area contributed by atoms with Gasteiger partial charge in [0.1, 0.15) is 17.6 Å². The van der Waals surface area contributed by atoms with Crippen LogP contribution in [-0.4, -0.2) is 35.3 Å². The Kier molecular flexibility index (Phi) is 5.07. The van der Waals surface area contributed by atoms with Crippen LogP contribution >= 0.6 is 0 Å². The largest absolute Gasteiger partial charge is 0.292 e. The minimum atomic E-state index is -0.00390. The molecule has 1 atom stereocenters. The highest BCUT2D eigenvalue weighted by Gasteiger charge is 2.28. The van der Waals surface area contributed by atoms with Crippen LogP contribution in [0.1, 0.15) is 34.7 Å².